The van der Waals surface area contributed by atoms with Gasteiger partial charge >= 0.3 is 0 Å². The average Bonchev–Trinajstić information content (AvgIpc) is 2.71. The number of rotatable bonds is 2. The zero-order chi connectivity index (χ0) is 11.5. The third kappa shape index (κ3) is 2.14. The van der Waals surface area contributed by atoms with Gasteiger partial charge in [-0.1, -0.05) is 17.7 Å². The standard InChI is InChI=1S/C11H10ClFN2O/c12-9-2-1-7(3-10(9)13)8-4-14-5-11(8)15-6-16/h1-3,8,11,14H,4-5H2. The second-order valence-corrected chi connectivity index (χ2v) is 4.13. The molecule has 1 heterocycles. The van der Waals surface area contributed by atoms with Gasteiger partial charge in [-0.15, -0.1) is 0 Å². The molecule has 1 aliphatic rings. The summed E-state index contributed by atoms with van der Waals surface area (Å²) in [6.07, 6.45) is 1.55. The molecule has 0 radical (unpaired) electrons. The zero-order valence-electron chi connectivity index (χ0n) is 8.41. The number of halogens is 2. The molecule has 0 aromatic heterocycles. The highest BCUT2D eigenvalue weighted by atomic mass is 35.5. The highest BCUT2D eigenvalue weighted by Crippen LogP contribution is 2.27. The van der Waals surface area contributed by atoms with Gasteiger partial charge in [0.25, 0.3) is 0 Å². The maximum absolute atomic E-state index is 13.3. The normalized spacial score (nSPS) is 24.1. The molecule has 0 amide bonds. The molecule has 2 atom stereocenters. The molecule has 2 unspecified atom stereocenters. The van der Waals surface area contributed by atoms with Gasteiger partial charge in [0, 0.05) is 19.0 Å². The average molecular weight is 241 g/mol. The number of isocyanates is 1. The summed E-state index contributed by atoms with van der Waals surface area (Å²) in [6.45, 7) is 1.29. The quantitative estimate of drug-likeness (QED) is 0.633. The SMILES string of the molecule is O=C=NC1CNCC1c1ccc(Cl)c(F)c1. The first kappa shape index (κ1) is 11.3. The molecule has 1 aromatic rings. The molecule has 0 aliphatic carbocycles. The summed E-state index contributed by atoms with van der Waals surface area (Å²) in [4.78, 5) is 14.0. The van der Waals surface area contributed by atoms with Crippen LogP contribution in [-0.2, 0) is 4.79 Å². The van der Waals surface area contributed by atoms with Crippen molar-refractivity contribution in [3.8, 4) is 0 Å². The molecule has 1 fully saturated rings. The van der Waals surface area contributed by atoms with Gasteiger partial charge in [0.2, 0.25) is 6.08 Å². The van der Waals surface area contributed by atoms with Crippen molar-refractivity contribution in [3.05, 3.63) is 34.6 Å². The van der Waals surface area contributed by atoms with Crippen LogP contribution in [0.1, 0.15) is 11.5 Å². The van der Waals surface area contributed by atoms with Gasteiger partial charge in [-0.05, 0) is 17.7 Å². The van der Waals surface area contributed by atoms with Crippen molar-refractivity contribution in [2.45, 2.75) is 12.0 Å². The smallest absolute Gasteiger partial charge is 0.235 e. The molecule has 1 aromatic carbocycles. The fraction of sp³-hybridized carbons (Fsp3) is 0.364. The summed E-state index contributed by atoms with van der Waals surface area (Å²) in [6, 6.07) is 4.51. The van der Waals surface area contributed by atoms with E-state index < -0.39 is 5.82 Å². The van der Waals surface area contributed by atoms with E-state index >= 15 is 0 Å². The van der Waals surface area contributed by atoms with Gasteiger partial charge in [0.05, 0.1) is 11.1 Å². The predicted molar refractivity (Wildman–Crippen MR) is 58.9 cm³/mol. The summed E-state index contributed by atoms with van der Waals surface area (Å²) >= 11 is 5.61. The number of hydrogen-bond donors (Lipinski definition) is 1. The van der Waals surface area contributed by atoms with Crippen molar-refractivity contribution in [2.75, 3.05) is 13.1 Å². The van der Waals surface area contributed by atoms with E-state index in [0.29, 0.717) is 13.1 Å². The number of carbonyl (C=O) groups excluding carboxylic acids is 1. The van der Waals surface area contributed by atoms with Crippen LogP contribution in [0.25, 0.3) is 0 Å². The molecule has 2 rings (SSSR count). The van der Waals surface area contributed by atoms with Gasteiger partial charge < -0.3 is 5.32 Å². The van der Waals surface area contributed by atoms with E-state index in [4.69, 9.17) is 11.6 Å². The van der Waals surface area contributed by atoms with Gasteiger partial charge in [-0.25, -0.2) is 14.2 Å². The Morgan fingerprint density at radius 2 is 2.31 bits per heavy atom. The molecule has 0 bridgehead atoms. The predicted octanol–water partition coefficient (Wildman–Crippen LogP) is 1.87. The molecule has 0 saturated carbocycles. The Labute approximate surface area is 97.3 Å². The van der Waals surface area contributed by atoms with Crippen molar-refractivity contribution in [1.29, 1.82) is 0 Å². The number of nitrogens with zero attached hydrogens (tertiary/aromatic N) is 1. The summed E-state index contributed by atoms with van der Waals surface area (Å²) in [5, 5.41) is 3.21. The van der Waals surface area contributed by atoms with Crippen molar-refractivity contribution >= 4 is 17.7 Å². The van der Waals surface area contributed by atoms with E-state index in [1.54, 1.807) is 12.1 Å². The second kappa shape index (κ2) is 4.74. The van der Waals surface area contributed by atoms with Gasteiger partial charge in [-0.3, -0.25) is 0 Å². The Morgan fingerprint density at radius 3 is 3.00 bits per heavy atom. The Kier molecular flexibility index (Phi) is 3.34. The van der Waals surface area contributed by atoms with Crippen LogP contribution in [0.5, 0.6) is 0 Å². The molecular formula is C11H10ClFN2O. The van der Waals surface area contributed by atoms with Crippen LogP contribution in [0.4, 0.5) is 4.39 Å². The molecule has 1 aliphatic heterocycles. The molecule has 3 nitrogen and oxygen atoms in total. The largest absolute Gasteiger partial charge is 0.314 e. The Morgan fingerprint density at radius 1 is 1.50 bits per heavy atom. The molecule has 0 spiro atoms. The van der Waals surface area contributed by atoms with Gasteiger partial charge in [0.15, 0.2) is 0 Å². The summed E-state index contributed by atoms with van der Waals surface area (Å²) < 4.78 is 13.3. The number of benzene rings is 1. The Balaban J connectivity index is 2.29. The summed E-state index contributed by atoms with van der Waals surface area (Å²) in [7, 11) is 0. The third-order valence-corrected chi connectivity index (χ3v) is 3.08. The van der Waals surface area contributed by atoms with Crippen molar-refractivity contribution in [3.63, 3.8) is 0 Å². The topological polar surface area (TPSA) is 41.5 Å². The third-order valence-electron chi connectivity index (χ3n) is 2.77. The van der Waals surface area contributed by atoms with Crippen LogP contribution in [0.2, 0.25) is 5.02 Å². The maximum atomic E-state index is 13.3. The van der Waals surface area contributed by atoms with E-state index in [1.807, 2.05) is 0 Å². The van der Waals surface area contributed by atoms with Crippen LogP contribution in [0.3, 0.4) is 0 Å². The fourth-order valence-corrected chi connectivity index (χ4v) is 2.07. The molecule has 1 saturated heterocycles. The first-order valence-electron chi connectivity index (χ1n) is 4.95. The molecule has 84 valence electrons. The van der Waals surface area contributed by atoms with Crippen LogP contribution < -0.4 is 5.32 Å². The number of nitrogens with one attached hydrogen (secondary N) is 1. The molecule has 16 heavy (non-hydrogen) atoms. The lowest BCUT2D eigenvalue weighted by Crippen LogP contribution is -2.14. The number of aliphatic imine (C=N–C) groups is 1. The van der Waals surface area contributed by atoms with Crippen LogP contribution in [-0.4, -0.2) is 25.2 Å². The summed E-state index contributed by atoms with van der Waals surface area (Å²) in [5.74, 6) is -0.437. The minimum atomic E-state index is -0.445. The van der Waals surface area contributed by atoms with Crippen molar-refractivity contribution in [2.24, 2.45) is 4.99 Å². The van der Waals surface area contributed by atoms with Crippen LogP contribution in [0, 0.1) is 5.82 Å². The highest BCUT2D eigenvalue weighted by Gasteiger charge is 2.28. The van der Waals surface area contributed by atoms with Gasteiger partial charge in [-0.2, -0.15) is 0 Å². The van der Waals surface area contributed by atoms with Gasteiger partial charge in [0.1, 0.15) is 5.82 Å². The van der Waals surface area contributed by atoms with E-state index in [2.05, 4.69) is 10.3 Å². The first-order valence-corrected chi connectivity index (χ1v) is 5.33. The van der Waals surface area contributed by atoms with Crippen LogP contribution >= 0.6 is 11.6 Å². The first-order chi connectivity index (χ1) is 7.72. The Hall–Kier alpha value is -1.22. The second-order valence-electron chi connectivity index (χ2n) is 3.73. The number of hydrogen-bond acceptors (Lipinski definition) is 3. The minimum absolute atomic E-state index is 0.00761. The molecule has 5 heteroatoms. The molecule has 1 N–H and O–H groups in total. The van der Waals surface area contributed by atoms with Crippen LogP contribution in [0.15, 0.2) is 23.2 Å². The van der Waals surface area contributed by atoms with E-state index in [-0.39, 0.29) is 17.0 Å². The monoisotopic (exact) mass is 240 g/mol. The minimum Gasteiger partial charge on any atom is -0.314 e. The lowest BCUT2D eigenvalue weighted by Gasteiger charge is -2.13. The van der Waals surface area contributed by atoms with Crippen molar-refractivity contribution < 1.29 is 9.18 Å². The zero-order valence-corrected chi connectivity index (χ0v) is 9.17. The van der Waals surface area contributed by atoms with E-state index in [0.717, 1.165) is 5.56 Å². The highest BCUT2D eigenvalue weighted by molar-refractivity contribution is 6.30. The fourth-order valence-electron chi connectivity index (χ4n) is 1.95. The Bertz CT molecular complexity index is 446. The molecular weight excluding hydrogens is 231 g/mol. The maximum Gasteiger partial charge on any atom is 0.235 e. The lowest BCUT2D eigenvalue weighted by molar-refractivity contribution is 0.553. The van der Waals surface area contributed by atoms with E-state index in [1.165, 1.54) is 12.1 Å². The summed E-state index contributed by atoms with van der Waals surface area (Å²) in [5.41, 5.74) is 0.802. The van der Waals surface area contributed by atoms with Crippen molar-refractivity contribution in [1.82, 2.24) is 5.32 Å². The van der Waals surface area contributed by atoms with E-state index in [9.17, 15) is 9.18 Å². The lowest BCUT2D eigenvalue weighted by atomic mass is 9.95.